The quantitative estimate of drug-likeness (QED) is 0.797. The van der Waals surface area contributed by atoms with E-state index in [1.54, 1.807) is 0 Å². The molecule has 0 aromatic carbocycles. The number of nitrogens with zero attached hydrogens (tertiary/aromatic N) is 2. The van der Waals surface area contributed by atoms with E-state index in [4.69, 9.17) is 10.8 Å². The lowest BCUT2D eigenvalue weighted by atomic mass is 9.93. The molecule has 3 N–H and O–H groups in total. The molecular formula is C11H17N3O3S. The van der Waals surface area contributed by atoms with Crippen molar-refractivity contribution in [3.05, 3.63) is 18.5 Å². The second-order valence-corrected chi connectivity index (χ2v) is 6.20. The number of rotatable bonds is 5. The van der Waals surface area contributed by atoms with Gasteiger partial charge in [-0.1, -0.05) is 6.42 Å². The highest BCUT2D eigenvalue weighted by atomic mass is 32.2. The van der Waals surface area contributed by atoms with Crippen molar-refractivity contribution in [3.8, 4) is 0 Å². The summed E-state index contributed by atoms with van der Waals surface area (Å²) in [4.78, 5) is 3.83. The van der Waals surface area contributed by atoms with E-state index in [-0.39, 0.29) is 29.8 Å². The molecule has 2 rings (SSSR count). The van der Waals surface area contributed by atoms with E-state index in [0.29, 0.717) is 0 Å². The molecule has 0 unspecified atom stereocenters. The third-order valence-electron chi connectivity index (χ3n) is 3.21. The highest BCUT2D eigenvalue weighted by molar-refractivity contribution is 7.89. The summed E-state index contributed by atoms with van der Waals surface area (Å²) in [7, 11) is -3.67. The summed E-state index contributed by atoms with van der Waals surface area (Å²) in [5.41, 5.74) is 5.88. The number of hydrogen-bond acceptors (Lipinski definition) is 5. The Morgan fingerprint density at radius 1 is 1.50 bits per heavy atom. The van der Waals surface area contributed by atoms with Crippen molar-refractivity contribution < 1.29 is 13.5 Å². The van der Waals surface area contributed by atoms with Gasteiger partial charge in [-0.3, -0.25) is 4.98 Å². The van der Waals surface area contributed by atoms with Crippen LogP contribution in [0, 0.1) is 0 Å². The summed E-state index contributed by atoms with van der Waals surface area (Å²) < 4.78 is 26.3. The van der Waals surface area contributed by atoms with Gasteiger partial charge in [0.25, 0.3) is 0 Å². The SMILES string of the molecule is Nc1ccncc1S(=O)(=O)N(CCO)C1CCC1. The van der Waals surface area contributed by atoms with Crippen molar-refractivity contribution in [2.24, 2.45) is 0 Å². The van der Waals surface area contributed by atoms with Crippen molar-refractivity contribution >= 4 is 15.7 Å². The molecule has 1 aliphatic carbocycles. The minimum Gasteiger partial charge on any atom is -0.398 e. The fourth-order valence-corrected chi connectivity index (χ4v) is 3.74. The lowest BCUT2D eigenvalue weighted by molar-refractivity contribution is 0.178. The monoisotopic (exact) mass is 271 g/mol. The van der Waals surface area contributed by atoms with Gasteiger partial charge in [0.15, 0.2) is 0 Å². The van der Waals surface area contributed by atoms with Gasteiger partial charge in [-0.2, -0.15) is 4.31 Å². The maximum atomic E-state index is 12.5. The van der Waals surface area contributed by atoms with Crippen LogP contribution in [0.25, 0.3) is 0 Å². The Morgan fingerprint density at radius 2 is 2.22 bits per heavy atom. The Morgan fingerprint density at radius 3 is 2.72 bits per heavy atom. The van der Waals surface area contributed by atoms with E-state index in [0.717, 1.165) is 19.3 Å². The Kier molecular flexibility index (Phi) is 3.84. The molecule has 1 aromatic rings. The number of anilines is 1. The molecule has 6 nitrogen and oxygen atoms in total. The second kappa shape index (κ2) is 5.21. The molecule has 1 aromatic heterocycles. The second-order valence-electron chi connectivity index (χ2n) is 4.34. The third-order valence-corrected chi connectivity index (χ3v) is 5.20. The molecular weight excluding hydrogens is 254 g/mol. The van der Waals surface area contributed by atoms with Crippen molar-refractivity contribution in [2.45, 2.75) is 30.2 Å². The predicted molar refractivity (Wildman–Crippen MR) is 67.3 cm³/mol. The van der Waals surface area contributed by atoms with E-state index in [2.05, 4.69) is 4.98 Å². The van der Waals surface area contributed by atoms with E-state index in [9.17, 15) is 8.42 Å². The summed E-state index contributed by atoms with van der Waals surface area (Å²) >= 11 is 0. The molecule has 18 heavy (non-hydrogen) atoms. The van der Waals surface area contributed by atoms with Crippen LogP contribution >= 0.6 is 0 Å². The summed E-state index contributed by atoms with van der Waals surface area (Å²) in [6.45, 7) is -0.1000. The van der Waals surface area contributed by atoms with Gasteiger partial charge in [0, 0.05) is 25.0 Å². The summed E-state index contributed by atoms with van der Waals surface area (Å²) in [6, 6.07) is 1.44. The standard InChI is InChI=1S/C11H17N3O3S/c12-10-4-5-13-8-11(10)18(16,17)14(6-7-15)9-2-1-3-9/h4-5,8-9,15H,1-3,6-7H2,(H2,12,13). The van der Waals surface area contributed by atoms with Crippen LogP contribution in [0.15, 0.2) is 23.4 Å². The van der Waals surface area contributed by atoms with Crippen LogP contribution in [0.3, 0.4) is 0 Å². The van der Waals surface area contributed by atoms with Crippen LogP contribution in [0.4, 0.5) is 5.69 Å². The van der Waals surface area contributed by atoms with Crippen molar-refractivity contribution in [2.75, 3.05) is 18.9 Å². The molecule has 1 aliphatic rings. The highest BCUT2D eigenvalue weighted by Gasteiger charge is 2.35. The van der Waals surface area contributed by atoms with Crippen LogP contribution in [-0.4, -0.2) is 42.0 Å². The predicted octanol–water partition coefficient (Wildman–Crippen LogP) is 0.199. The van der Waals surface area contributed by atoms with E-state index in [1.807, 2.05) is 0 Å². The maximum absolute atomic E-state index is 12.5. The van der Waals surface area contributed by atoms with Crippen molar-refractivity contribution in [1.82, 2.24) is 9.29 Å². The molecule has 0 spiro atoms. The molecule has 100 valence electrons. The minimum atomic E-state index is -3.67. The number of aliphatic hydroxyl groups is 1. The minimum absolute atomic E-state index is 0.0188. The number of sulfonamides is 1. The lowest BCUT2D eigenvalue weighted by Gasteiger charge is -2.36. The van der Waals surface area contributed by atoms with Crippen LogP contribution in [0.1, 0.15) is 19.3 Å². The number of nitrogen functional groups attached to an aromatic ring is 1. The van der Waals surface area contributed by atoms with Gasteiger partial charge < -0.3 is 10.8 Å². The molecule has 0 amide bonds. The first kappa shape index (κ1) is 13.3. The first-order chi connectivity index (χ1) is 8.57. The van der Waals surface area contributed by atoms with Crippen LogP contribution in [0.2, 0.25) is 0 Å². The fourth-order valence-electron chi connectivity index (χ4n) is 2.00. The molecule has 1 fully saturated rings. The lowest BCUT2D eigenvalue weighted by Crippen LogP contribution is -2.45. The Bertz CT molecular complexity index is 514. The Labute approximate surface area is 106 Å². The number of pyridine rings is 1. The van der Waals surface area contributed by atoms with E-state index >= 15 is 0 Å². The smallest absolute Gasteiger partial charge is 0.246 e. The zero-order chi connectivity index (χ0) is 13.2. The maximum Gasteiger partial charge on any atom is 0.246 e. The van der Waals surface area contributed by atoms with Gasteiger partial charge in [-0.25, -0.2) is 8.42 Å². The van der Waals surface area contributed by atoms with Gasteiger partial charge >= 0.3 is 0 Å². The molecule has 0 aliphatic heterocycles. The van der Waals surface area contributed by atoms with Crippen LogP contribution in [-0.2, 0) is 10.0 Å². The molecule has 0 atom stereocenters. The average Bonchev–Trinajstić information content (AvgIpc) is 2.26. The molecule has 0 saturated heterocycles. The number of hydrogen-bond donors (Lipinski definition) is 2. The largest absolute Gasteiger partial charge is 0.398 e. The highest BCUT2D eigenvalue weighted by Crippen LogP contribution is 2.31. The molecule has 1 heterocycles. The van der Waals surface area contributed by atoms with E-state index in [1.165, 1.54) is 22.8 Å². The first-order valence-electron chi connectivity index (χ1n) is 5.89. The van der Waals surface area contributed by atoms with Gasteiger partial charge in [-0.05, 0) is 18.9 Å². The van der Waals surface area contributed by atoms with Gasteiger partial charge in [-0.15, -0.1) is 0 Å². The molecule has 7 heteroatoms. The topological polar surface area (TPSA) is 96.5 Å². The van der Waals surface area contributed by atoms with Crippen molar-refractivity contribution in [1.29, 1.82) is 0 Å². The zero-order valence-electron chi connectivity index (χ0n) is 9.99. The Balaban J connectivity index is 2.36. The molecule has 1 saturated carbocycles. The fraction of sp³-hybridized carbons (Fsp3) is 0.545. The zero-order valence-corrected chi connectivity index (χ0v) is 10.8. The third kappa shape index (κ3) is 2.33. The molecule has 0 bridgehead atoms. The van der Waals surface area contributed by atoms with Crippen LogP contribution in [0.5, 0.6) is 0 Å². The van der Waals surface area contributed by atoms with Gasteiger partial charge in [0.1, 0.15) is 4.90 Å². The van der Waals surface area contributed by atoms with Gasteiger partial charge in [0.2, 0.25) is 10.0 Å². The average molecular weight is 271 g/mol. The Hall–Kier alpha value is -1.18. The number of aliphatic hydroxyl groups excluding tert-OH is 1. The summed E-state index contributed by atoms with van der Waals surface area (Å²) in [6.07, 6.45) is 5.39. The first-order valence-corrected chi connectivity index (χ1v) is 7.33. The van der Waals surface area contributed by atoms with Gasteiger partial charge in [0.05, 0.1) is 12.3 Å². The number of nitrogens with two attached hydrogens (primary N) is 1. The van der Waals surface area contributed by atoms with Crippen molar-refractivity contribution in [3.63, 3.8) is 0 Å². The summed E-state index contributed by atoms with van der Waals surface area (Å²) in [5.74, 6) is 0. The summed E-state index contributed by atoms with van der Waals surface area (Å²) in [5, 5.41) is 9.03. The van der Waals surface area contributed by atoms with E-state index < -0.39 is 10.0 Å². The molecule has 0 radical (unpaired) electrons. The normalized spacial score (nSPS) is 16.8. The number of aromatic nitrogens is 1. The van der Waals surface area contributed by atoms with Crippen LogP contribution < -0.4 is 5.73 Å².